The van der Waals surface area contributed by atoms with Gasteiger partial charge in [0.15, 0.2) is 0 Å². The molecule has 1 N–H and O–H groups in total. The van der Waals surface area contributed by atoms with Crippen LogP contribution in [-0.2, 0) is 0 Å². The summed E-state index contributed by atoms with van der Waals surface area (Å²) < 4.78 is 40.0. The topological polar surface area (TPSA) is 45.0 Å². The zero-order valence-corrected chi connectivity index (χ0v) is 9.37. The van der Waals surface area contributed by atoms with Crippen LogP contribution in [0.1, 0.15) is 24.4 Å². The molecule has 96 valence electrons. The molecule has 1 aromatic rings. The summed E-state index contributed by atoms with van der Waals surface area (Å²) >= 11 is 0. The molecule has 0 aromatic heterocycles. The lowest BCUT2D eigenvalue weighted by Crippen LogP contribution is -2.22. The Morgan fingerprint density at radius 1 is 1.39 bits per heavy atom. The monoisotopic (exact) mass is 256 g/mol. The predicted molar refractivity (Wildman–Crippen MR) is 57.6 cm³/mol. The van der Waals surface area contributed by atoms with Gasteiger partial charge in [-0.25, -0.2) is 0 Å². The lowest BCUT2D eigenvalue weighted by atomic mass is 10.1. The van der Waals surface area contributed by atoms with Crippen molar-refractivity contribution in [2.24, 2.45) is 0 Å². The highest BCUT2D eigenvalue weighted by molar-refractivity contribution is 5.33. The minimum Gasteiger partial charge on any atom is -0.406 e. The Labute approximate surface area is 102 Å². The van der Waals surface area contributed by atoms with Crippen molar-refractivity contribution in [2.75, 3.05) is 0 Å². The molecule has 0 heterocycles. The van der Waals surface area contributed by atoms with E-state index >= 15 is 0 Å². The number of halogens is 3. The van der Waals surface area contributed by atoms with E-state index in [0.29, 0.717) is 11.6 Å². The molecule has 1 aliphatic rings. The van der Waals surface area contributed by atoms with Crippen LogP contribution in [0.2, 0.25) is 0 Å². The largest absolute Gasteiger partial charge is 0.573 e. The minimum atomic E-state index is -4.72. The fraction of sp³-hybridized carbons (Fsp3) is 0.417. The number of nitrogens with zero attached hydrogens (tertiary/aromatic N) is 1. The number of benzene rings is 1. The van der Waals surface area contributed by atoms with Crippen LogP contribution >= 0.6 is 0 Å². The summed E-state index contributed by atoms with van der Waals surface area (Å²) in [5, 5.41) is 12.1. The fourth-order valence-corrected chi connectivity index (χ4v) is 1.58. The van der Waals surface area contributed by atoms with Crippen molar-refractivity contribution in [3.8, 4) is 11.8 Å². The van der Waals surface area contributed by atoms with Gasteiger partial charge in [-0.15, -0.1) is 13.2 Å². The number of hydrogen-bond acceptors (Lipinski definition) is 3. The minimum absolute atomic E-state index is 0.293. The van der Waals surface area contributed by atoms with E-state index in [2.05, 4.69) is 10.1 Å². The molecule has 0 bridgehead atoms. The smallest absolute Gasteiger partial charge is 0.406 e. The SMILES string of the molecule is N#CC(NC1CC1)c1cccc(OC(F)(F)F)c1. The maximum absolute atomic E-state index is 12.1. The van der Waals surface area contributed by atoms with Gasteiger partial charge in [0.25, 0.3) is 0 Å². The second-order valence-corrected chi connectivity index (χ2v) is 4.12. The van der Waals surface area contributed by atoms with Gasteiger partial charge in [0.2, 0.25) is 0 Å². The molecule has 1 unspecified atom stereocenters. The molecular formula is C12H11F3N2O. The number of nitrogens with one attached hydrogen (secondary N) is 1. The van der Waals surface area contributed by atoms with Crippen LogP contribution in [0.15, 0.2) is 24.3 Å². The molecule has 1 atom stereocenters. The van der Waals surface area contributed by atoms with Crippen LogP contribution in [0.4, 0.5) is 13.2 Å². The molecule has 18 heavy (non-hydrogen) atoms. The third-order valence-electron chi connectivity index (χ3n) is 2.53. The van der Waals surface area contributed by atoms with Crippen molar-refractivity contribution in [2.45, 2.75) is 31.3 Å². The van der Waals surface area contributed by atoms with Gasteiger partial charge in [-0.3, -0.25) is 5.32 Å². The highest BCUT2D eigenvalue weighted by Crippen LogP contribution is 2.28. The Bertz CT molecular complexity index is 463. The zero-order chi connectivity index (χ0) is 13.2. The first-order chi connectivity index (χ1) is 8.48. The number of ether oxygens (including phenoxy) is 1. The summed E-state index contributed by atoms with van der Waals surface area (Å²) in [6.07, 6.45) is -2.72. The van der Waals surface area contributed by atoms with E-state index in [0.717, 1.165) is 12.8 Å². The van der Waals surface area contributed by atoms with Gasteiger partial charge < -0.3 is 4.74 Å². The van der Waals surface area contributed by atoms with Gasteiger partial charge in [0, 0.05) is 6.04 Å². The molecule has 0 spiro atoms. The summed E-state index contributed by atoms with van der Waals surface area (Å²) in [6, 6.07) is 7.21. The molecule has 6 heteroatoms. The van der Waals surface area contributed by atoms with E-state index < -0.39 is 12.4 Å². The van der Waals surface area contributed by atoms with Crippen molar-refractivity contribution in [3.63, 3.8) is 0 Å². The molecule has 0 aliphatic heterocycles. The third-order valence-corrected chi connectivity index (χ3v) is 2.53. The first-order valence-electron chi connectivity index (χ1n) is 5.49. The van der Waals surface area contributed by atoms with Gasteiger partial charge in [0.1, 0.15) is 11.8 Å². The Hall–Kier alpha value is -1.74. The summed E-state index contributed by atoms with van der Waals surface area (Å²) in [6.45, 7) is 0. The summed E-state index contributed by atoms with van der Waals surface area (Å²) in [5.41, 5.74) is 0.478. The van der Waals surface area contributed by atoms with Crippen molar-refractivity contribution < 1.29 is 17.9 Å². The Kier molecular flexibility index (Phi) is 3.43. The number of rotatable bonds is 4. The maximum Gasteiger partial charge on any atom is 0.573 e. The van der Waals surface area contributed by atoms with Crippen molar-refractivity contribution in [1.82, 2.24) is 5.32 Å². The quantitative estimate of drug-likeness (QED) is 0.900. The van der Waals surface area contributed by atoms with E-state index in [1.807, 2.05) is 6.07 Å². The van der Waals surface area contributed by atoms with Crippen molar-refractivity contribution in [3.05, 3.63) is 29.8 Å². The molecular weight excluding hydrogens is 245 g/mol. The lowest BCUT2D eigenvalue weighted by molar-refractivity contribution is -0.274. The van der Waals surface area contributed by atoms with Crippen LogP contribution in [0.3, 0.4) is 0 Å². The average Bonchev–Trinajstić information content (AvgIpc) is 3.07. The highest BCUT2D eigenvalue weighted by atomic mass is 19.4. The highest BCUT2D eigenvalue weighted by Gasteiger charge is 2.31. The van der Waals surface area contributed by atoms with Gasteiger partial charge in [-0.1, -0.05) is 12.1 Å². The Morgan fingerprint density at radius 2 is 2.11 bits per heavy atom. The first-order valence-corrected chi connectivity index (χ1v) is 5.49. The standard InChI is InChI=1S/C12H11F3N2O/c13-12(14,15)18-10-3-1-2-8(6-10)11(7-16)17-9-4-5-9/h1-3,6,9,11,17H,4-5H2. The third kappa shape index (κ3) is 3.64. The molecule has 0 amide bonds. The molecule has 2 rings (SSSR count). The number of hydrogen-bond donors (Lipinski definition) is 1. The maximum atomic E-state index is 12.1. The zero-order valence-electron chi connectivity index (χ0n) is 9.37. The summed E-state index contributed by atoms with van der Waals surface area (Å²) in [7, 11) is 0. The van der Waals surface area contributed by atoms with Crippen LogP contribution in [-0.4, -0.2) is 12.4 Å². The lowest BCUT2D eigenvalue weighted by Gasteiger charge is -2.13. The molecule has 1 fully saturated rings. The molecule has 0 saturated heterocycles. The second kappa shape index (κ2) is 4.86. The molecule has 1 aliphatic carbocycles. The first kappa shape index (κ1) is 12.7. The van der Waals surface area contributed by atoms with E-state index in [9.17, 15) is 13.2 Å². The summed E-state index contributed by atoms with van der Waals surface area (Å²) in [4.78, 5) is 0. The molecule has 1 aromatic carbocycles. The van der Waals surface area contributed by atoms with Gasteiger partial charge in [-0.2, -0.15) is 5.26 Å². The van der Waals surface area contributed by atoms with E-state index in [4.69, 9.17) is 5.26 Å². The van der Waals surface area contributed by atoms with E-state index in [-0.39, 0.29) is 5.75 Å². The van der Waals surface area contributed by atoms with Crippen LogP contribution < -0.4 is 10.1 Å². The molecule has 1 saturated carbocycles. The Morgan fingerprint density at radius 3 is 2.67 bits per heavy atom. The molecule has 0 radical (unpaired) electrons. The Balaban J connectivity index is 2.12. The average molecular weight is 256 g/mol. The van der Waals surface area contributed by atoms with Crippen LogP contribution in [0.5, 0.6) is 5.75 Å². The summed E-state index contributed by atoms with van der Waals surface area (Å²) in [5.74, 6) is -0.308. The molecule has 3 nitrogen and oxygen atoms in total. The van der Waals surface area contributed by atoms with Crippen LogP contribution in [0, 0.1) is 11.3 Å². The van der Waals surface area contributed by atoms with Crippen molar-refractivity contribution in [1.29, 1.82) is 5.26 Å². The second-order valence-electron chi connectivity index (χ2n) is 4.12. The van der Waals surface area contributed by atoms with Gasteiger partial charge in [0.05, 0.1) is 6.07 Å². The number of alkyl halides is 3. The van der Waals surface area contributed by atoms with Crippen molar-refractivity contribution >= 4 is 0 Å². The number of nitriles is 1. The van der Waals surface area contributed by atoms with E-state index in [1.54, 1.807) is 6.07 Å². The predicted octanol–water partition coefficient (Wildman–Crippen LogP) is 2.90. The normalized spacial score (nSPS) is 17.0. The van der Waals surface area contributed by atoms with Gasteiger partial charge >= 0.3 is 6.36 Å². The van der Waals surface area contributed by atoms with E-state index in [1.165, 1.54) is 18.2 Å². The van der Waals surface area contributed by atoms with Crippen LogP contribution in [0.25, 0.3) is 0 Å². The fourth-order valence-electron chi connectivity index (χ4n) is 1.58. The van der Waals surface area contributed by atoms with Gasteiger partial charge in [-0.05, 0) is 30.5 Å².